The molecule has 1 heterocycles. The van der Waals surface area contributed by atoms with Crippen molar-refractivity contribution in [3.05, 3.63) is 32.6 Å². The van der Waals surface area contributed by atoms with E-state index in [4.69, 9.17) is 11.6 Å². The third-order valence-corrected chi connectivity index (χ3v) is 2.26. The summed E-state index contributed by atoms with van der Waals surface area (Å²) in [7, 11) is 3.47. The van der Waals surface area contributed by atoms with Gasteiger partial charge in [0.1, 0.15) is 0 Å². The van der Waals surface area contributed by atoms with Gasteiger partial charge in [-0.25, -0.2) is 4.79 Å². The topological polar surface area (TPSA) is 58.1 Å². The molecule has 84 valence electrons. The van der Waals surface area contributed by atoms with E-state index in [0.29, 0.717) is 24.5 Å². The molecule has 6 heteroatoms. The highest BCUT2D eigenvalue weighted by molar-refractivity contribution is 6.18. The van der Waals surface area contributed by atoms with Gasteiger partial charge in [0.15, 0.2) is 0 Å². The molecule has 5 nitrogen and oxygen atoms in total. The van der Waals surface area contributed by atoms with Crippen molar-refractivity contribution in [1.82, 2.24) is 14.5 Å². The standard InChI is InChI=1S/C9H14ClN3O2/c1-12(4-3-10)5-7-6-13(2)9(15)11-8(7)14/h6H,3-5H2,1-2H3,(H,11,14,15). The van der Waals surface area contributed by atoms with Crippen LogP contribution in [-0.4, -0.2) is 33.9 Å². The molecular weight excluding hydrogens is 218 g/mol. The number of alkyl halides is 1. The molecule has 0 aliphatic carbocycles. The van der Waals surface area contributed by atoms with Crippen LogP contribution in [0.1, 0.15) is 5.56 Å². The number of nitrogens with zero attached hydrogens (tertiary/aromatic N) is 2. The number of aromatic amines is 1. The zero-order valence-corrected chi connectivity index (χ0v) is 9.54. The molecule has 1 aromatic rings. The Morgan fingerprint density at radius 1 is 1.53 bits per heavy atom. The Bertz CT molecular complexity index is 438. The molecule has 0 fully saturated rings. The zero-order valence-electron chi connectivity index (χ0n) is 8.79. The van der Waals surface area contributed by atoms with Crippen LogP contribution < -0.4 is 11.2 Å². The smallest absolute Gasteiger partial charge is 0.303 e. The molecule has 1 N–H and O–H groups in total. The maximum Gasteiger partial charge on any atom is 0.328 e. The molecule has 0 spiro atoms. The first-order valence-electron chi connectivity index (χ1n) is 4.58. The van der Waals surface area contributed by atoms with E-state index in [9.17, 15) is 9.59 Å². The van der Waals surface area contributed by atoms with Crippen LogP contribution in [0.5, 0.6) is 0 Å². The van der Waals surface area contributed by atoms with E-state index in [1.165, 1.54) is 4.57 Å². The highest BCUT2D eigenvalue weighted by Gasteiger charge is 2.05. The molecule has 0 saturated carbocycles. The summed E-state index contributed by atoms with van der Waals surface area (Å²) >= 11 is 5.58. The van der Waals surface area contributed by atoms with E-state index >= 15 is 0 Å². The molecule has 1 aromatic heterocycles. The molecule has 0 aliphatic rings. The van der Waals surface area contributed by atoms with Gasteiger partial charge in [-0.3, -0.25) is 9.78 Å². The fourth-order valence-electron chi connectivity index (χ4n) is 1.24. The van der Waals surface area contributed by atoms with Crippen molar-refractivity contribution in [1.29, 1.82) is 0 Å². The van der Waals surface area contributed by atoms with Crippen LogP contribution in [0.15, 0.2) is 15.8 Å². The minimum atomic E-state index is -0.399. The Labute approximate surface area is 92.3 Å². The molecule has 0 atom stereocenters. The lowest BCUT2D eigenvalue weighted by atomic mass is 10.3. The number of halogens is 1. The lowest BCUT2D eigenvalue weighted by molar-refractivity contribution is 0.344. The second-order valence-electron chi connectivity index (χ2n) is 3.45. The van der Waals surface area contributed by atoms with Gasteiger partial charge in [-0.05, 0) is 7.05 Å². The normalized spacial score (nSPS) is 10.9. The number of nitrogens with one attached hydrogen (secondary N) is 1. The fraction of sp³-hybridized carbons (Fsp3) is 0.556. The average Bonchev–Trinajstić information content (AvgIpc) is 2.14. The summed E-state index contributed by atoms with van der Waals surface area (Å²) in [6.07, 6.45) is 1.55. The molecule has 0 bridgehead atoms. The Kier molecular flexibility index (Phi) is 4.11. The molecular formula is C9H14ClN3O2. The minimum Gasteiger partial charge on any atom is -0.303 e. The third kappa shape index (κ3) is 3.21. The summed E-state index contributed by atoms with van der Waals surface area (Å²) in [6.45, 7) is 1.18. The van der Waals surface area contributed by atoms with E-state index in [-0.39, 0.29) is 5.56 Å². The first-order chi connectivity index (χ1) is 7.04. The third-order valence-electron chi connectivity index (χ3n) is 2.09. The molecule has 15 heavy (non-hydrogen) atoms. The summed E-state index contributed by atoms with van der Waals surface area (Å²) in [5.74, 6) is 0.514. The van der Waals surface area contributed by atoms with Gasteiger partial charge >= 0.3 is 5.69 Å². The van der Waals surface area contributed by atoms with Gasteiger partial charge in [-0.2, -0.15) is 0 Å². The van der Waals surface area contributed by atoms with Crippen molar-refractivity contribution in [2.24, 2.45) is 7.05 Å². The molecule has 0 aromatic carbocycles. The van der Waals surface area contributed by atoms with E-state index in [2.05, 4.69) is 4.98 Å². The van der Waals surface area contributed by atoms with E-state index in [1.54, 1.807) is 13.2 Å². The van der Waals surface area contributed by atoms with Gasteiger partial charge < -0.3 is 9.47 Å². The lowest BCUT2D eigenvalue weighted by Gasteiger charge is -2.14. The second-order valence-corrected chi connectivity index (χ2v) is 3.83. The summed E-state index contributed by atoms with van der Waals surface area (Å²) in [5, 5.41) is 0. The highest BCUT2D eigenvalue weighted by atomic mass is 35.5. The van der Waals surface area contributed by atoms with Crippen LogP contribution in [-0.2, 0) is 13.6 Å². The van der Waals surface area contributed by atoms with Gasteiger partial charge in [0.05, 0.1) is 0 Å². The van der Waals surface area contributed by atoms with Crippen molar-refractivity contribution >= 4 is 11.6 Å². The first-order valence-corrected chi connectivity index (χ1v) is 5.11. The fourth-order valence-corrected chi connectivity index (χ4v) is 1.53. The minimum absolute atomic E-state index is 0.334. The first kappa shape index (κ1) is 12.0. The van der Waals surface area contributed by atoms with Crippen LogP contribution in [0, 0.1) is 0 Å². The molecule has 0 radical (unpaired) electrons. The van der Waals surface area contributed by atoms with Gasteiger partial charge in [-0.15, -0.1) is 11.6 Å². The summed E-state index contributed by atoms with van der Waals surface area (Å²) in [6, 6.07) is 0. The van der Waals surface area contributed by atoms with Crippen LogP contribution in [0.3, 0.4) is 0 Å². The number of rotatable bonds is 4. The molecule has 0 saturated heterocycles. The number of hydrogen-bond acceptors (Lipinski definition) is 3. The Hall–Kier alpha value is -1.07. The lowest BCUT2D eigenvalue weighted by Crippen LogP contribution is -2.33. The van der Waals surface area contributed by atoms with E-state index < -0.39 is 5.69 Å². The Balaban J connectivity index is 2.91. The van der Waals surface area contributed by atoms with Crippen molar-refractivity contribution in [3.63, 3.8) is 0 Å². The average molecular weight is 232 g/mol. The monoisotopic (exact) mass is 231 g/mol. The van der Waals surface area contributed by atoms with Gasteiger partial charge in [0.2, 0.25) is 0 Å². The van der Waals surface area contributed by atoms with Crippen LogP contribution >= 0.6 is 11.6 Å². The number of hydrogen-bond donors (Lipinski definition) is 1. The molecule has 0 unspecified atom stereocenters. The van der Waals surface area contributed by atoms with Gasteiger partial charge in [0, 0.05) is 37.8 Å². The predicted molar refractivity (Wildman–Crippen MR) is 59.4 cm³/mol. The van der Waals surface area contributed by atoms with Gasteiger partial charge in [0.25, 0.3) is 5.56 Å². The second kappa shape index (κ2) is 5.14. The Morgan fingerprint density at radius 2 is 2.20 bits per heavy atom. The molecule has 1 rings (SSSR count). The maximum absolute atomic E-state index is 11.4. The van der Waals surface area contributed by atoms with Crippen LogP contribution in [0.4, 0.5) is 0 Å². The van der Waals surface area contributed by atoms with Crippen LogP contribution in [0.2, 0.25) is 0 Å². The van der Waals surface area contributed by atoms with Crippen molar-refractivity contribution in [2.45, 2.75) is 6.54 Å². The van der Waals surface area contributed by atoms with Crippen LogP contribution in [0.25, 0.3) is 0 Å². The summed E-state index contributed by atoms with van der Waals surface area (Å²) in [4.78, 5) is 26.6. The molecule has 0 aliphatic heterocycles. The molecule has 0 amide bonds. The van der Waals surface area contributed by atoms with Crippen molar-refractivity contribution < 1.29 is 0 Å². The van der Waals surface area contributed by atoms with E-state index in [0.717, 1.165) is 0 Å². The highest BCUT2D eigenvalue weighted by Crippen LogP contribution is 1.94. The van der Waals surface area contributed by atoms with Gasteiger partial charge in [-0.1, -0.05) is 0 Å². The van der Waals surface area contributed by atoms with Crippen molar-refractivity contribution in [3.8, 4) is 0 Å². The van der Waals surface area contributed by atoms with Crippen molar-refractivity contribution in [2.75, 3.05) is 19.5 Å². The number of aromatic nitrogens is 2. The van der Waals surface area contributed by atoms with E-state index in [1.807, 2.05) is 11.9 Å². The summed E-state index contributed by atoms with van der Waals surface area (Å²) < 4.78 is 1.35. The Morgan fingerprint density at radius 3 is 2.80 bits per heavy atom. The quantitative estimate of drug-likeness (QED) is 0.727. The SMILES string of the molecule is CN(CCCl)Cc1cn(C)c(=O)[nH]c1=O. The zero-order chi connectivity index (χ0) is 11.4. The number of aryl methyl sites for hydroxylation is 1. The largest absolute Gasteiger partial charge is 0.328 e. The summed E-state index contributed by atoms with van der Waals surface area (Å²) in [5.41, 5.74) is -0.173. The maximum atomic E-state index is 11.4. The number of H-pyrrole nitrogens is 1. The predicted octanol–water partition coefficient (Wildman–Crippen LogP) is -0.256.